The molecule has 0 spiro atoms. The van der Waals surface area contributed by atoms with Crippen LogP contribution in [0.15, 0.2) is 74.6 Å². The van der Waals surface area contributed by atoms with Crippen molar-refractivity contribution < 1.29 is 45.2 Å². The Morgan fingerprint density at radius 1 is 0.806 bits per heavy atom. The van der Waals surface area contributed by atoms with Gasteiger partial charge in [0.25, 0.3) is 0 Å². The van der Waals surface area contributed by atoms with Crippen LogP contribution < -0.4 is 24.8 Å². The van der Waals surface area contributed by atoms with Crippen LogP contribution in [-0.4, -0.2) is 5.43 Å². The van der Waals surface area contributed by atoms with Gasteiger partial charge in [-0.25, -0.2) is 0 Å². The van der Waals surface area contributed by atoms with E-state index in [9.17, 15) is 0 Å². The first-order valence-corrected chi connectivity index (χ1v) is 19.6. The second-order valence-corrected chi connectivity index (χ2v) is 26.4. The quantitative estimate of drug-likeness (QED) is 0.514. The summed E-state index contributed by atoms with van der Waals surface area (Å²) in [6.45, 7) is 17.0. The van der Waals surface area contributed by atoms with E-state index in [1.807, 2.05) is 3.28 Å². The molecule has 162 valence electrons. The molecule has 4 rings (SSSR count). The summed E-state index contributed by atoms with van der Waals surface area (Å²) in [5.74, 6) is 0.660. The number of benzene rings is 2. The van der Waals surface area contributed by atoms with Gasteiger partial charge in [0.2, 0.25) is 0 Å². The fourth-order valence-electron chi connectivity index (χ4n) is 5.13. The van der Waals surface area contributed by atoms with Crippen molar-refractivity contribution in [1.82, 2.24) is 0 Å². The van der Waals surface area contributed by atoms with E-state index in [-0.39, 0.29) is 30.2 Å². The summed E-state index contributed by atoms with van der Waals surface area (Å²) >= 11 is -1.89. The molecule has 2 aromatic rings. The Morgan fingerprint density at radius 2 is 1.42 bits per heavy atom. The normalized spacial score (nSPS) is 19.2. The van der Waals surface area contributed by atoms with Gasteiger partial charge in [-0.3, -0.25) is 0 Å². The molecule has 0 nitrogen and oxygen atoms in total. The maximum absolute atomic E-state index is 2.68. The van der Waals surface area contributed by atoms with Crippen LogP contribution in [0.2, 0.25) is 13.1 Å². The summed E-state index contributed by atoms with van der Waals surface area (Å²) in [5, 5.41) is 0. The predicted octanol–water partition coefficient (Wildman–Crippen LogP) is 1.62. The molecule has 0 saturated carbocycles. The Balaban J connectivity index is 0.00000171. The van der Waals surface area contributed by atoms with Crippen molar-refractivity contribution >= 4 is 11.0 Å². The molecule has 0 N–H and O–H groups in total. The van der Waals surface area contributed by atoms with Crippen LogP contribution >= 0.6 is 0 Å². The molecule has 4 heteroatoms. The van der Waals surface area contributed by atoms with Gasteiger partial charge in [0, 0.05) is 0 Å². The first-order chi connectivity index (χ1) is 13.8. The minimum absolute atomic E-state index is 0. The molecule has 0 aliphatic heterocycles. The van der Waals surface area contributed by atoms with Crippen LogP contribution in [0.4, 0.5) is 0 Å². The average molecular weight is 547 g/mol. The number of hydrogen-bond acceptors (Lipinski definition) is 0. The van der Waals surface area contributed by atoms with Crippen molar-refractivity contribution in [2.75, 3.05) is 0 Å². The molecule has 0 amide bonds. The van der Waals surface area contributed by atoms with E-state index in [4.69, 9.17) is 0 Å². The number of hydrogen-bond donors (Lipinski definition) is 0. The molecule has 0 aromatic heterocycles. The van der Waals surface area contributed by atoms with Gasteiger partial charge in [-0.2, -0.15) is 0 Å². The van der Waals surface area contributed by atoms with Gasteiger partial charge in [0.15, 0.2) is 0 Å². The fraction of sp³-hybridized carbons (Fsp3) is 0.333. The molecule has 0 heterocycles. The maximum atomic E-state index is 2.68. The van der Waals surface area contributed by atoms with Gasteiger partial charge in [0.1, 0.15) is 0 Å². The minimum Gasteiger partial charge on any atom is -1.00 e. The molecule has 2 aliphatic rings. The van der Waals surface area contributed by atoms with E-state index < -0.39 is 20.4 Å². The zero-order valence-corrected chi connectivity index (χ0v) is 24.6. The molecule has 0 saturated heterocycles. The fourth-order valence-corrected chi connectivity index (χ4v) is 24.8. The van der Waals surface area contributed by atoms with Crippen LogP contribution in [0.5, 0.6) is 0 Å². The zero-order valence-electron chi connectivity index (χ0n) is 19.6. The predicted molar refractivity (Wildman–Crippen MR) is 125 cm³/mol. The number of fused-ring (bicyclic) bond motifs is 1. The Labute approximate surface area is 209 Å². The molecular formula is C27H32Cl2SiZr. The van der Waals surface area contributed by atoms with Crippen LogP contribution in [0.25, 0.3) is 5.57 Å². The minimum atomic E-state index is -1.89. The molecule has 2 aliphatic carbocycles. The van der Waals surface area contributed by atoms with Crippen LogP contribution in [0, 0.1) is 12.8 Å². The van der Waals surface area contributed by atoms with Crippen molar-refractivity contribution in [2.24, 2.45) is 5.92 Å². The third kappa shape index (κ3) is 4.70. The summed E-state index contributed by atoms with van der Waals surface area (Å²) in [4.78, 5) is 0. The van der Waals surface area contributed by atoms with Gasteiger partial charge in [-0.05, 0) is 0 Å². The third-order valence-corrected chi connectivity index (χ3v) is 25.6. The average Bonchev–Trinajstić information content (AvgIpc) is 3.17. The number of aryl methyl sites for hydroxylation is 1. The van der Waals surface area contributed by atoms with E-state index >= 15 is 0 Å². The van der Waals surface area contributed by atoms with Gasteiger partial charge in [0.05, 0.1) is 0 Å². The van der Waals surface area contributed by atoms with E-state index in [1.165, 1.54) is 22.3 Å². The zero-order chi connectivity index (χ0) is 20.9. The van der Waals surface area contributed by atoms with Crippen LogP contribution in [0.3, 0.4) is 0 Å². The third-order valence-electron chi connectivity index (χ3n) is 7.06. The molecule has 0 radical (unpaired) electrons. The summed E-state index contributed by atoms with van der Waals surface area (Å²) in [6.07, 6.45) is 2.68. The number of allylic oxidation sites excluding steroid dienone is 5. The second-order valence-electron chi connectivity index (χ2n) is 8.99. The van der Waals surface area contributed by atoms with Crippen molar-refractivity contribution in [2.45, 2.75) is 51.3 Å². The van der Waals surface area contributed by atoms with Crippen molar-refractivity contribution in [3.63, 3.8) is 0 Å². The largest absolute Gasteiger partial charge is 1.00 e. The molecule has 0 bridgehead atoms. The van der Waals surface area contributed by atoms with Crippen molar-refractivity contribution in [3.05, 3.63) is 96.9 Å². The molecule has 0 fully saturated rings. The van der Waals surface area contributed by atoms with Crippen molar-refractivity contribution in [3.8, 4) is 0 Å². The monoisotopic (exact) mass is 544 g/mol. The molecule has 2 unspecified atom stereocenters. The van der Waals surface area contributed by atoms with E-state index in [0.29, 0.717) is 9.54 Å². The SMILES string of the molecule is CC1=C(C)C(C)[C]([Zr+2]([CH]2C=C(c3ccc(C)cc3)c3ccccc32)=[Si](C)C)=C1C.[Cl-].[Cl-]. The Bertz CT molecular complexity index is 1120. The van der Waals surface area contributed by atoms with Gasteiger partial charge >= 0.3 is 185 Å². The Hall–Kier alpha value is -0.660. The number of halogens is 2. The molecule has 2 aromatic carbocycles. The Morgan fingerprint density at radius 3 is 1.97 bits per heavy atom. The summed E-state index contributed by atoms with van der Waals surface area (Å²) in [5.41, 5.74) is 11.8. The first kappa shape index (κ1) is 26.6. The van der Waals surface area contributed by atoms with Gasteiger partial charge in [-0.1, -0.05) is 0 Å². The summed E-state index contributed by atoms with van der Waals surface area (Å²) in [7, 11) is 0. The molecular weight excluding hydrogens is 515 g/mol. The Kier molecular flexibility index (Phi) is 9.02. The van der Waals surface area contributed by atoms with E-state index in [0.717, 1.165) is 0 Å². The molecule has 31 heavy (non-hydrogen) atoms. The second kappa shape index (κ2) is 10.5. The first-order valence-electron chi connectivity index (χ1n) is 10.8. The number of rotatable bonds is 3. The summed E-state index contributed by atoms with van der Waals surface area (Å²) < 4.78 is 2.59. The van der Waals surface area contributed by atoms with E-state index in [2.05, 4.69) is 102 Å². The van der Waals surface area contributed by atoms with Crippen molar-refractivity contribution in [1.29, 1.82) is 0 Å². The van der Waals surface area contributed by atoms with Crippen LogP contribution in [-0.2, 0) is 20.4 Å². The van der Waals surface area contributed by atoms with Gasteiger partial charge in [-0.15, -0.1) is 0 Å². The smallest absolute Gasteiger partial charge is 1.00 e. The topological polar surface area (TPSA) is 0 Å². The standard InChI is InChI=1S/C16H13.C9H13.C2H6Si.2ClH.Zr/c1-12-6-8-14(9-7-12)16-11-10-13-4-2-3-5-15(13)16;1-6-5-7(2)9(4)8(6)3;1-3-2;;;/h2-11H,1H3;6H,1-4H3;1-2H3;2*1H;/q;;;;;+2/p-2. The molecule has 2 atom stereocenters. The van der Waals surface area contributed by atoms with Gasteiger partial charge < -0.3 is 24.8 Å². The van der Waals surface area contributed by atoms with Crippen LogP contribution in [0.1, 0.15) is 53.6 Å². The summed E-state index contributed by atoms with van der Waals surface area (Å²) in [6, 6.07) is 18.4. The van der Waals surface area contributed by atoms with E-state index in [1.54, 1.807) is 22.3 Å². The maximum Gasteiger partial charge on any atom is -1.00 e.